The largest absolute Gasteiger partial charge is 0.490 e. The summed E-state index contributed by atoms with van der Waals surface area (Å²) in [5, 5.41) is 15.8. The highest BCUT2D eigenvalue weighted by molar-refractivity contribution is 7.18. The molecular formula is C33H28F2N6O3S. The van der Waals surface area contributed by atoms with Crippen molar-refractivity contribution < 1.29 is 23.0 Å². The second-order valence-corrected chi connectivity index (χ2v) is 11.8. The van der Waals surface area contributed by atoms with Gasteiger partial charge in [-0.25, -0.2) is 13.8 Å². The number of amides is 1. The number of fused-ring (bicyclic) bond motifs is 3. The fraction of sp³-hybridized carbons (Fsp3) is 0.212. The van der Waals surface area contributed by atoms with Crippen LogP contribution in [0.1, 0.15) is 18.7 Å². The molecule has 45 heavy (non-hydrogen) atoms. The topological polar surface area (TPSA) is 98.2 Å². The van der Waals surface area contributed by atoms with Crippen LogP contribution in [0.2, 0.25) is 0 Å². The van der Waals surface area contributed by atoms with Gasteiger partial charge in [-0.1, -0.05) is 18.7 Å². The van der Waals surface area contributed by atoms with Crippen molar-refractivity contribution in [1.29, 1.82) is 0 Å². The molecule has 0 saturated carbocycles. The molecule has 12 heteroatoms. The SMILES string of the molecule is C=CC(=O)N1Cc2cc(-c3nc(-c4ccc5cn[nH]c5c4)c4ccsc4c3-c3c(F)cc(F)cc3OCCOC)nn2C(C)C1. The Kier molecular flexibility index (Phi) is 7.38. The highest BCUT2D eigenvalue weighted by Crippen LogP contribution is 2.47. The van der Waals surface area contributed by atoms with Crippen LogP contribution in [-0.4, -0.2) is 62.6 Å². The lowest BCUT2D eigenvalue weighted by Crippen LogP contribution is -2.39. The third-order valence-corrected chi connectivity index (χ3v) is 8.87. The maximum atomic E-state index is 16.0. The lowest BCUT2D eigenvalue weighted by molar-refractivity contribution is -0.127. The molecule has 0 radical (unpaired) electrons. The van der Waals surface area contributed by atoms with E-state index in [1.54, 1.807) is 11.1 Å². The molecule has 1 N–H and O–H groups in total. The van der Waals surface area contributed by atoms with Gasteiger partial charge in [-0.05, 0) is 36.6 Å². The molecule has 5 heterocycles. The Bertz CT molecular complexity index is 2100. The lowest BCUT2D eigenvalue weighted by Gasteiger charge is -2.31. The Morgan fingerprint density at radius 2 is 2.02 bits per heavy atom. The summed E-state index contributed by atoms with van der Waals surface area (Å²) in [6, 6.07) is 11.6. The number of thiophene rings is 1. The smallest absolute Gasteiger partial charge is 0.246 e. The highest BCUT2D eigenvalue weighted by atomic mass is 32.1. The Hall–Kier alpha value is -4.94. The Labute approximate surface area is 260 Å². The normalized spacial score (nSPS) is 14.7. The summed E-state index contributed by atoms with van der Waals surface area (Å²) in [5.74, 6) is -1.68. The minimum Gasteiger partial charge on any atom is -0.490 e. The van der Waals surface area contributed by atoms with Gasteiger partial charge in [-0.15, -0.1) is 11.3 Å². The zero-order chi connectivity index (χ0) is 31.2. The first-order valence-corrected chi connectivity index (χ1v) is 15.2. The van der Waals surface area contributed by atoms with Gasteiger partial charge in [0.25, 0.3) is 0 Å². The standard InChI is InChI=1S/C33H28F2N6O3S/c1-4-28(42)40-16-18(2)41-22(17-40)14-26(39-41)32-30(29-24(35)12-21(34)13-27(29)44-9-8-43-3)33-23(7-10-45-33)31(37-32)19-5-6-20-15-36-38-25(20)11-19/h4-7,10-15,18H,1,8-9,16-17H2,2-3H3,(H,36,38). The number of nitrogens with one attached hydrogen (secondary N) is 1. The van der Waals surface area contributed by atoms with Gasteiger partial charge in [0, 0.05) is 52.4 Å². The summed E-state index contributed by atoms with van der Waals surface area (Å²) < 4.78 is 44.2. The van der Waals surface area contributed by atoms with Crippen LogP contribution in [0.4, 0.5) is 8.78 Å². The lowest BCUT2D eigenvalue weighted by atomic mass is 9.96. The van der Waals surface area contributed by atoms with Gasteiger partial charge >= 0.3 is 0 Å². The maximum Gasteiger partial charge on any atom is 0.246 e. The quantitative estimate of drug-likeness (QED) is 0.148. The molecule has 0 bridgehead atoms. The van der Waals surface area contributed by atoms with E-state index >= 15 is 4.39 Å². The molecule has 1 aliphatic heterocycles. The number of carbonyl (C=O) groups excluding carboxylic acids is 1. The van der Waals surface area contributed by atoms with Crippen molar-refractivity contribution in [3.05, 3.63) is 84.0 Å². The van der Waals surface area contributed by atoms with Crippen molar-refractivity contribution in [2.75, 3.05) is 26.9 Å². The first-order valence-electron chi connectivity index (χ1n) is 14.3. The van der Waals surface area contributed by atoms with E-state index in [1.807, 2.05) is 47.3 Å². The van der Waals surface area contributed by atoms with Gasteiger partial charge in [0.1, 0.15) is 35.4 Å². The second-order valence-electron chi connectivity index (χ2n) is 10.9. The average molecular weight is 627 g/mol. The fourth-order valence-corrected chi connectivity index (χ4v) is 6.84. The van der Waals surface area contributed by atoms with Crippen LogP contribution >= 0.6 is 11.3 Å². The van der Waals surface area contributed by atoms with Crippen LogP contribution in [0.5, 0.6) is 5.75 Å². The summed E-state index contributed by atoms with van der Waals surface area (Å²) in [6.07, 6.45) is 3.05. The number of ether oxygens (including phenoxy) is 2. The third-order valence-electron chi connectivity index (χ3n) is 7.93. The maximum absolute atomic E-state index is 16.0. The molecule has 1 amide bonds. The van der Waals surface area contributed by atoms with E-state index < -0.39 is 11.6 Å². The molecule has 1 atom stereocenters. The van der Waals surface area contributed by atoms with Crippen LogP contribution in [0, 0.1) is 11.6 Å². The highest BCUT2D eigenvalue weighted by Gasteiger charge is 2.30. The van der Waals surface area contributed by atoms with Crippen molar-refractivity contribution in [2.45, 2.75) is 19.5 Å². The van der Waals surface area contributed by atoms with Gasteiger partial charge in [-0.3, -0.25) is 14.6 Å². The summed E-state index contributed by atoms with van der Waals surface area (Å²) in [6.45, 7) is 6.73. The van der Waals surface area contributed by atoms with Crippen LogP contribution in [-0.2, 0) is 16.1 Å². The zero-order valence-corrected chi connectivity index (χ0v) is 25.3. The van der Waals surface area contributed by atoms with E-state index in [0.717, 1.165) is 38.3 Å². The number of aromatic nitrogens is 5. The van der Waals surface area contributed by atoms with E-state index in [1.165, 1.54) is 30.6 Å². The number of nitrogens with zero attached hydrogens (tertiary/aromatic N) is 5. The number of rotatable bonds is 8. The molecule has 9 nitrogen and oxygen atoms in total. The minimum atomic E-state index is -0.785. The summed E-state index contributed by atoms with van der Waals surface area (Å²) in [4.78, 5) is 19.4. The van der Waals surface area contributed by atoms with E-state index in [9.17, 15) is 9.18 Å². The fourth-order valence-electron chi connectivity index (χ4n) is 5.89. The number of H-pyrrole nitrogens is 1. The van der Waals surface area contributed by atoms with Gasteiger partial charge in [0.15, 0.2) is 0 Å². The molecule has 0 spiro atoms. The first kappa shape index (κ1) is 28.8. The minimum absolute atomic E-state index is 0.0361. The predicted octanol–water partition coefficient (Wildman–Crippen LogP) is 6.76. The van der Waals surface area contributed by atoms with Crippen molar-refractivity contribution in [3.63, 3.8) is 0 Å². The van der Waals surface area contributed by atoms with E-state index in [-0.39, 0.29) is 36.5 Å². The third kappa shape index (κ3) is 5.05. The molecular weight excluding hydrogens is 598 g/mol. The molecule has 1 aliphatic rings. The average Bonchev–Trinajstić information content (AvgIpc) is 3.80. The number of benzene rings is 2. The monoisotopic (exact) mass is 626 g/mol. The van der Waals surface area contributed by atoms with Gasteiger partial charge in [0.2, 0.25) is 5.91 Å². The van der Waals surface area contributed by atoms with Crippen LogP contribution in [0.3, 0.4) is 0 Å². The molecule has 2 aromatic carbocycles. The van der Waals surface area contributed by atoms with Crippen LogP contribution < -0.4 is 4.74 Å². The molecule has 4 aromatic heterocycles. The number of aromatic amines is 1. The number of carbonyl (C=O) groups is 1. The molecule has 0 saturated heterocycles. The van der Waals surface area contributed by atoms with Crippen molar-refractivity contribution in [2.24, 2.45) is 0 Å². The number of hydrogen-bond donors (Lipinski definition) is 1. The summed E-state index contributed by atoms with van der Waals surface area (Å²) >= 11 is 1.43. The Morgan fingerprint density at radius 3 is 2.84 bits per heavy atom. The molecule has 228 valence electrons. The van der Waals surface area contributed by atoms with Crippen molar-refractivity contribution >= 4 is 38.2 Å². The van der Waals surface area contributed by atoms with E-state index in [4.69, 9.17) is 19.6 Å². The molecule has 1 unspecified atom stereocenters. The van der Waals surface area contributed by atoms with Gasteiger partial charge in [0.05, 0.1) is 47.9 Å². The van der Waals surface area contributed by atoms with Gasteiger partial charge < -0.3 is 14.4 Å². The van der Waals surface area contributed by atoms with Gasteiger partial charge in [-0.2, -0.15) is 10.2 Å². The number of pyridine rings is 1. The Balaban J connectivity index is 1.50. The molecule has 0 fully saturated rings. The number of methoxy groups -OCH3 is 1. The molecule has 6 aromatic rings. The number of hydrogen-bond acceptors (Lipinski definition) is 7. The zero-order valence-electron chi connectivity index (χ0n) is 24.5. The Morgan fingerprint density at radius 1 is 1.16 bits per heavy atom. The molecule has 7 rings (SSSR count). The van der Waals surface area contributed by atoms with E-state index in [2.05, 4.69) is 16.8 Å². The molecule has 0 aliphatic carbocycles. The number of halogens is 2. The first-order chi connectivity index (χ1) is 21.9. The summed E-state index contributed by atoms with van der Waals surface area (Å²) in [5.41, 5.74) is 4.58. The van der Waals surface area contributed by atoms with Crippen molar-refractivity contribution in [3.8, 4) is 39.5 Å². The van der Waals surface area contributed by atoms with E-state index in [0.29, 0.717) is 35.7 Å². The van der Waals surface area contributed by atoms with Crippen LogP contribution in [0.15, 0.2) is 66.7 Å². The van der Waals surface area contributed by atoms with Crippen molar-refractivity contribution in [1.82, 2.24) is 29.9 Å². The summed E-state index contributed by atoms with van der Waals surface area (Å²) in [7, 11) is 1.53. The predicted molar refractivity (Wildman–Crippen MR) is 169 cm³/mol. The van der Waals surface area contributed by atoms with Crippen LogP contribution in [0.25, 0.3) is 54.8 Å². The second kappa shape index (κ2) is 11.5.